The smallest absolute Gasteiger partial charge is 0.307 e. The number of carboxylic acid groups (broad SMARTS) is 1. The molecule has 0 saturated heterocycles. The van der Waals surface area contributed by atoms with Crippen molar-refractivity contribution in [2.24, 2.45) is 5.73 Å². The molecule has 1 rings (SSSR count). The van der Waals surface area contributed by atoms with Gasteiger partial charge < -0.3 is 10.8 Å². The molecule has 0 saturated carbocycles. The Balaban J connectivity index is 3.02. The van der Waals surface area contributed by atoms with Gasteiger partial charge in [0.05, 0.1) is 6.42 Å². The van der Waals surface area contributed by atoms with E-state index in [1.165, 1.54) is 18.2 Å². The second-order valence-corrected chi connectivity index (χ2v) is 3.05. The van der Waals surface area contributed by atoms with Crippen molar-refractivity contribution in [3.63, 3.8) is 0 Å². The van der Waals surface area contributed by atoms with Crippen LogP contribution in [0.15, 0.2) is 24.3 Å². The Morgan fingerprint density at radius 2 is 2.27 bits per heavy atom. The van der Waals surface area contributed by atoms with Crippen LogP contribution in [0.3, 0.4) is 0 Å². The maximum absolute atomic E-state index is 12.9. The average Bonchev–Trinajstić information content (AvgIpc) is 2.18. The van der Waals surface area contributed by atoms with Crippen molar-refractivity contribution in [3.8, 4) is 0 Å². The minimum absolute atomic E-state index is 0.121. The van der Waals surface area contributed by atoms with E-state index in [2.05, 4.69) is 0 Å². The third-order valence-corrected chi connectivity index (χ3v) is 1.88. The van der Waals surface area contributed by atoms with Crippen molar-refractivity contribution in [1.82, 2.24) is 0 Å². The van der Waals surface area contributed by atoms with Gasteiger partial charge in [0.1, 0.15) is 5.82 Å². The molecule has 0 heterocycles. The molecule has 0 aliphatic heterocycles. The summed E-state index contributed by atoms with van der Waals surface area (Å²) in [4.78, 5) is 10.5. The van der Waals surface area contributed by atoms with Gasteiger partial charge in [0.25, 0.3) is 0 Å². The van der Waals surface area contributed by atoms with Crippen LogP contribution in [0.2, 0.25) is 0 Å². The topological polar surface area (TPSA) is 63.3 Å². The van der Waals surface area contributed by atoms with Crippen molar-refractivity contribution in [2.45, 2.75) is 6.42 Å². The predicted molar refractivity (Wildman–Crippen MR) is 55.8 cm³/mol. The molecule has 0 spiro atoms. The minimum Gasteiger partial charge on any atom is -0.481 e. The zero-order chi connectivity index (χ0) is 11.3. The first-order chi connectivity index (χ1) is 7.13. The van der Waals surface area contributed by atoms with Crippen LogP contribution in [0.5, 0.6) is 0 Å². The molecule has 80 valence electrons. The second-order valence-electron chi connectivity index (χ2n) is 3.05. The fourth-order valence-electron chi connectivity index (χ4n) is 1.24. The van der Waals surface area contributed by atoms with Gasteiger partial charge in [-0.25, -0.2) is 4.39 Å². The third kappa shape index (κ3) is 3.52. The van der Waals surface area contributed by atoms with Crippen LogP contribution in [0.1, 0.15) is 11.1 Å². The Kier molecular flexibility index (Phi) is 4.00. The van der Waals surface area contributed by atoms with Crippen LogP contribution in [0.4, 0.5) is 4.39 Å². The number of hydrogen-bond acceptors (Lipinski definition) is 2. The van der Waals surface area contributed by atoms with E-state index in [4.69, 9.17) is 10.8 Å². The summed E-state index contributed by atoms with van der Waals surface area (Å²) in [6.45, 7) is 0.336. The Morgan fingerprint density at radius 1 is 1.53 bits per heavy atom. The highest BCUT2D eigenvalue weighted by Crippen LogP contribution is 2.13. The summed E-state index contributed by atoms with van der Waals surface area (Å²) in [5.74, 6) is -1.33. The summed E-state index contributed by atoms with van der Waals surface area (Å²) in [7, 11) is 0. The Bertz CT molecular complexity index is 388. The Morgan fingerprint density at radius 3 is 2.87 bits per heavy atom. The first kappa shape index (κ1) is 11.4. The lowest BCUT2D eigenvalue weighted by Crippen LogP contribution is -2.02. The molecule has 0 aliphatic rings. The molecule has 15 heavy (non-hydrogen) atoms. The maximum Gasteiger partial charge on any atom is 0.307 e. The van der Waals surface area contributed by atoms with Crippen molar-refractivity contribution in [2.75, 3.05) is 6.54 Å². The first-order valence-electron chi connectivity index (χ1n) is 4.50. The average molecular weight is 209 g/mol. The van der Waals surface area contributed by atoms with E-state index < -0.39 is 5.97 Å². The molecule has 3 N–H and O–H groups in total. The maximum atomic E-state index is 12.9. The van der Waals surface area contributed by atoms with E-state index in [1.54, 1.807) is 12.2 Å². The molecule has 0 aromatic heterocycles. The van der Waals surface area contributed by atoms with Gasteiger partial charge in [0.2, 0.25) is 0 Å². The number of halogens is 1. The van der Waals surface area contributed by atoms with Gasteiger partial charge in [-0.1, -0.05) is 18.2 Å². The molecule has 1 aromatic carbocycles. The zero-order valence-electron chi connectivity index (χ0n) is 8.11. The molecular weight excluding hydrogens is 197 g/mol. The highest BCUT2D eigenvalue weighted by molar-refractivity contribution is 5.72. The Hall–Kier alpha value is -1.68. The summed E-state index contributed by atoms with van der Waals surface area (Å²) < 4.78 is 12.9. The lowest BCUT2D eigenvalue weighted by molar-refractivity contribution is -0.136. The van der Waals surface area contributed by atoms with Crippen molar-refractivity contribution < 1.29 is 14.3 Å². The summed E-state index contributed by atoms with van der Waals surface area (Å²) in [5.41, 5.74) is 6.40. The number of carbonyl (C=O) groups is 1. The fraction of sp³-hybridized carbons (Fsp3) is 0.182. The van der Waals surface area contributed by atoms with Gasteiger partial charge in [-0.3, -0.25) is 4.79 Å². The third-order valence-electron chi connectivity index (χ3n) is 1.88. The zero-order valence-corrected chi connectivity index (χ0v) is 8.11. The number of benzene rings is 1. The lowest BCUT2D eigenvalue weighted by Gasteiger charge is -2.03. The van der Waals surface area contributed by atoms with Crippen LogP contribution in [-0.2, 0) is 11.2 Å². The Labute approximate surface area is 87.0 Å². The van der Waals surface area contributed by atoms with Crippen LogP contribution in [0, 0.1) is 5.82 Å². The van der Waals surface area contributed by atoms with Crippen molar-refractivity contribution >= 4 is 12.0 Å². The molecule has 0 bridgehead atoms. The molecule has 0 atom stereocenters. The summed E-state index contributed by atoms with van der Waals surface area (Å²) in [6.07, 6.45) is 3.16. The summed E-state index contributed by atoms with van der Waals surface area (Å²) in [6, 6.07) is 4.02. The number of carboxylic acids is 1. The highest BCUT2D eigenvalue weighted by Gasteiger charge is 2.05. The van der Waals surface area contributed by atoms with Crippen LogP contribution in [0.25, 0.3) is 6.08 Å². The van der Waals surface area contributed by atoms with Crippen molar-refractivity contribution in [1.29, 1.82) is 0 Å². The van der Waals surface area contributed by atoms with E-state index in [9.17, 15) is 9.18 Å². The van der Waals surface area contributed by atoms with Gasteiger partial charge in [-0.15, -0.1) is 0 Å². The molecule has 3 nitrogen and oxygen atoms in total. The quantitative estimate of drug-likeness (QED) is 0.788. The number of rotatable bonds is 4. The van der Waals surface area contributed by atoms with Crippen LogP contribution >= 0.6 is 0 Å². The standard InChI is InChI=1S/C11H12FNO2/c12-10-4-3-9(7-11(14)15)8(6-10)2-1-5-13/h1-4,6H,5,7,13H2,(H,14,15). The molecule has 0 fully saturated rings. The minimum atomic E-state index is -0.941. The predicted octanol–water partition coefficient (Wildman–Crippen LogP) is 1.42. The van der Waals surface area contributed by atoms with Gasteiger partial charge in [0.15, 0.2) is 0 Å². The first-order valence-corrected chi connectivity index (χ1v) is 4.50. The van der Waals surface area contributed by atoms with E-state index in [1.807, 2.05) is 0 Å². The molecule has 0 unspecified atom stereocenters. The van der Waals surface area contributed by atoms with E-state index in [-0.39, 0.29) is 12.2 Å². The molecule has 0 amide bonds. The number of hydrogen-bond donors (Lipinski definition) is 2. The van der Waals surface area contributed by atoms with Gasteiger partial charge >= 0.3 is 5.97 Å². The molecule has 1 aromatic rings. The SMILES string of the molecule is NCC=Cc1cc(F)ccc1CC(=O)O. The molecule has 0 radical (unpaired) electrons. The van der Waals surface area contributed by atoms with Gasteiger partial charge in [-0.2, -0.15) is 0 Å². The molecule has 0 aliphatic carbocycles. The van der Waals surface area contributed by atoms with Crippen molar-refractivity contribution in [3.05, 3.63) is 41.2 Å². The second kappa shape index (κ2) is 5.26. The highest BCUT2D eigenvalue weighted by atomic mass is 19.1. The molecular formula is C11H12FNO2. The van der Waals surface area contributed by atoms with Crippen LogP contribution < -0.4 is 5.73 Å². The lowest BCUT2D eigenvalue weighted by atomic mass is 10.0. The normalized spacial score (nSPS) is 10.8. The fourth-order valence-corrected chi connectivity index (χ4v) is 1.24. The largest absolute Gasteiger partial charge is 0.481 e. The van der Waals surface area contributed by atoms with E-state index >= 15 is 0 Å². The monoisotopic (exact) mass is 209 g/mol. The number of aliphatic carboxylic acids is 1. The molecule has 4 heteroatoms. The number of nitrogens with two attached hydrogens (primary N) is 1. The summed E-state index contributed by atoms with van der Waals surface area (Å²) >= 11 is 0. The van der Waals surface area contributed by atoms with E-state index in [0.717, 1.165) is 0 Å². The van der Waals surface area contributed by atoms with Gasteiger partial charge in [0, 0.05) is 6.54 Å². The summed E-state index contributed by atoms with van der Waals surface area (Å²) in [5, 5.41) is 8.64. The van der Waals surface area contributed by atoms with Crippen LogP contribution in [-0.4, -0.2) is 17.6 Å². The van der Waals surface area contributed by atoms with Gasteiger partial charge in [-0.05, 0) is 23.3 Å². The van der Waals surface area contributed by atoms with E-state index in [0.29, 0.717) is 17.7 Å².